The standard InChI is InChI=1S/C15H20N2O/c1-5-15(3,4)13-12(14(16)17-18-13)11-9-7-6-8-10(11)2/h6-9H,5H2,1-4H3,(H2,16,17). The average Bonchev–Trinajstić information content (AvgIpc) is 2.72. The Hall–Kier alpha value is -1.77. The molecule has 1 heterocycles. The Labute approximate surface area is 108 Å². The molecule has 2 N–H and O–H groups in total. The lowest BCUT2D eigenvalue weighted by atomic mass is 9.83. The molecule has 0 bridgehead atoms. The van der Waals surface area contributed by atoms with Crippen molar-refractivity contribution in [1.82, 2.24) is 5.16 Å². The maximum atomic E-state index is 5.99. The molecule has 2 rings (SSSR count). The van der Waals surface area contributed by atoms with Gasteiger partial charge in [0.25, 0.3) is 0 Å². The summed E-state index contributed by atoms with van der Waals surface area (Å²) in [6, 6.07) is 8.17. The fourth-order valence-corrected chi connectivity index (χ4v) is 2.04. The molecule has 0 atom stereocenters. The molecule has 1 aromatic heterocycles. The number of nitrogens with zero attached hydrogens (tertiary/aromatic N) is 1. The first-order valence-corrected chi connectivity index (χ1v) is 6.29. The molecule has 3 nitrogen and oxygen atoms in total. The summed E-state index contributed by atoms with van der Waals surface area (Å²) in [6.45, 7) is 8.51. The van der Waals surface area contributed by atoms with E-state index in [1.165, 1.54) is 5.56 Å². The lowest BCUT2D eigenvalue weighted by molar-refractivity contribution is 0.313. The predicted molar refractivity (Wildman–Crippen MR) is 74.4 cm³/mol. The average molecular weight is 244 g/mol. The van der Waals surface area contributed by atoms with Gasteiger partial charge >= 0.3 is 0 Å². The summed E-state index contributed by atoms with van der Waals surface area (Å²) < 4.78 is 5.49. The van der Waals surface area contributed by atoms with Gasteiger partial charge < -0.3 is 10.3 Å². The van der Waals surface area contributed by atoms with E-state index in [0.29, 0.717) is 5.82 Å². The Morgan fingerprint density at radius 3 is 2.56 bits per heavy atom. The zero-order valence-corrected chi connectivity index (χ0v) is 11.4. The molecule has 18 heavy (non-hydrogen) atoms. The van der Waals surface area contributed by atoms with Gasteiger partial charge in [0.15, 0.2) is 11.6 Å². The minimum absolute atomic E-state index is 0.0672. The smallest absolute Gasteiger partial charge is 0.175 e. The third kappa shape index (κ3) is 2.01. The van der Waals surface area contributed by atoms with Gasteiger partial charge in [0.1, 0.15) is 0 Å². The highest BCUT2D eigenvalue weighted by molar-refractivity contribution is 5.78. The molecule has 0 spiro atoms. The molecule has 0 unspecified atom stereocenters. The van der Waals surface area contributed by atoms with Gasteiger partial charge in [0.05, 0.1) is 5.56 Å². The van der Waals surface area contributed by atoms with E-state index >= 15 is 0 Å². The van der Waals surface area contributed by atoms with E-state index in [0.717, 1.165) is 23.3 Å². The minimum atomic E-state index is -0.0672. The maximum Gasteiger partial charge on any atom is 0.175 e. The van der Waals surface area contributed by atoms with Crippen LogP contribution in [0, 0.1) is 6.92 Å². The van der Waals surface area contributed by atoms with Gasteiger partial charge in [-0.3, -0.25) is 0 Å². The first-order valence-electron chi connectivity index (χ1n) is 6.29. The number of benzene rings is 1. The SMILES string of the molecule is CCC(C)(C)c1onc(N)c1-c1ccccc1C. The zero-order chi connectivity index (χ0) is 13.3. The van der Waals surface area contributed by atoms with Crippen molar-refractivity contribution in [3.8, 4) is 11.1 Å². The van der Waals surface area contributed by atoms with Crippen LogP contribution >= 0.6 is 0 Å². The molecule has 0 aliphatic heterocycles. The van der Waals surface area contributed by atoms with Crippen LogP contribution in [0.1, 0.15) is 38.5 Å². The molecule has 0 saturated carbocycles. The summed E-state index contributed by atoms with van der Waals surface area (Å²) in [5, 5.41) is 3.95. The van der Waals surface area contributed by atoms with Gasteiger partial charge in [-0.2, -0.15) is 0 Å². The molecule has 0 saturated heterocycles. The molecule has 2 aromatic rings. The lowest BCUT2D eigenvalue weighted by Gasteiger charge is -2.20. The van der Waals surface area contributed by atoms with Gasteiger partial charge in [-0.15, -0.1) is 0 Å². The Kier molecular flexibility index (Phi) is 3.16. The Bertz CT molecular complexity index is 555. The number of nitrogen functional groups attached to an aromatic ring is 1. The lowest BCUT2D eigenvalue weighted by Crippen LogP contribution is -2.15. The van der Waals surface area contributed by atoms with Crippen LogP contribution in [-0.4, -0.2) is 5.16 Å². The van der Waals surface area contributed by atoms with Crippen LogP contribution in [0.3, 0.4) is 0 Å². The molecule has 0 fully saturated rings. The van der Waals surface area contributed by atoms with E-state index in [2.05, 4.69) is 45.0 Å². The van der Waals surface area contributed by atoms with Crippen LogP contribution in [0.4, 0.5) is 5.82 Å². The second-order valence-corrected chi connectivity index (χ2v) is 5.32. The summed E-state index contributed by atoms with van der Waals surface area (Å²) in [5.74, 6) is 1.35. The first-order chi connectivity index (χ1) is 8.47. The topological polar surface area (TPSA) is 52.0 Å². The van der Waals surface area contributed by atoms with E-state index in [1.54, 1.807) is 0 Å². The molecule has 1 aromatic carbocycles. The van der Waals surface area contributed by atoms with Crippen molar-refractivity contribution in [2.24, 2.45) is 0 Å². The van der Waals surface area contributed by atoms with Crippen molar-refractivity contribution in [2.45, 2.75) is 39.5 Å². The van der Waals surface area contributed by atoms with E-state index in [1.807, 2.05) is 12.1 Å². The van der Waals surface area contributed by atoms with Crippen LogP contribution in [0.2, 0.25) is 0 Å². The summed E-state index contributed by atoms with van der Waals surface area (Å²) in [6.07, 6.45) is 0.973. The molecule has 0 amide bonds. The van der Waals surface area contributed by atoms with Crippen molar-refractivity contribution >= 4 is 5.82 Å². The second-order valence-electron chi connectivity index (χ2n) is 5.32. The van der Waals surface area contributed by atoms with Crippen LogP contribution in [-0.2, 0) is 5.41 Å². The number of aryl methyl sites for hydroxylation is 1. The van der Waals surface area contributed by atoms with Crippen molar-refractivity contribution in [1.29, 1.82) is 0 Å². The number of hydrogen-bond donors (Lipinski definition) is 1. The van der Waals surface area contributed by atoms with E-state index in [-0.39, 0.29) is 5.41 Å². The van der Waals surface area contributed by atoms with Gasteiger partial charge in [0.2, 0.25) is 0 Å². The first kappa shape index (κ1) is 12.7. The maximum absolute atomic E-state index is 5.99. The van der Waals surface area contributed by atoms with Crippen molar-refractivity contribution in [2.75, 3.05) is 5.73 Å². The molecular weight excluding hydrogens is 224 g/mol. The summed E-state index contributed by atoms with van der Waals surface area (Å²) in [5.41, 5.74) is 9.15. The third-order valence-corrected chi connectivity index (χ3v) is 3.63. The van der Waals surface area contributed by atoms with E-state index in [4.69, 9.17) is 10.3 Å². The number of nitrogens with two attached hydrogens (primary N) is 1. The van der Waals surface area contributed by atoms with Gasteiger partial charge in [-0.05, 0) is 24.5 Å². The largest absolute Gasteiger partial charge is 0.380 e. The molecule has 3 heteroatoms. The second kappa shape index (κ2) is 4.48. The minimum Gasteiger partial charge on any atom is -0.380 e. The van der Waals surface area contributed by atoms with Crippen LogP contribution in [0.15, 0.2) is 28.8 Å². The quantitative estimate of drug-likeness (QED) is 0.890. The van der Waals surface area contributed by atoms with Gasteiger partial charge in [-0.1, -0.05) is 50.2 Å². The Morgan fingerprint density at radius 1 is 1.28 bits per heavy atom. The fraction of sp³-hybridized carbons (Fsp3) is 0.400. The molecular formula is C15H20N2O. The Balaban J connectivity index is 2.65. The summed E-state index contributed by atoms with van der Waals surface area (Å²) in [7, 11) is 0. The number of aromatic nitrogens is 1. The van der Waals surface area contributed by atoms with Gasteiger partial charge in [0, 0.05) is 5.41 Å². The predicted octanol–water partition coefficient (Wildman–Crippen LogP) is 3.92. The van der Waals surface area contributed by atoms with Crippen molar-refractivity contribution in [3.63, 3.8) is 0 Å². The van der Waals surface area contributed by atoms with Gasteiger partial charge in [-0.25, -0.2) is 0 Å². The highest BCUT2D eigenvalue weighted by atomic mass is 16.5. The summed E-state index contributed by atoms with van der Waals surface area (Å²) >= 11 is 0. The Morgan fingerprint density at radius 2 is 1.94 bits per heavy atom. The van der Waals surface area contributed by atoms with Crippen LogP contribution in [0.5, 0.6) is 0 Å². The fourth-order valence-electron chi connectivity index (χ4n) is 2.04. The molecule has 0 aliphatic carbocycles. The van der Waals surface area contributed by atoms with Crippen LogP contribution < -0.4 is 5.73 Å². The number of hydrogen-bond acceptors (Lipinski definition) is 3. The highest BCUT2D eigenvalue weighted by Gasteiger charge is 2.29. The summed E-state index contributed by atoms with van der Waals surface area (Å²) in [4.78, 5) is 0. The van der Waals surface area contributed by atoms with E-state index < -0.39 is 0 Å². The molecule has 0 aliphatic rings. The van der Waals surface area contributed by atoms with Crippen molar-refractivity contribution in [3.05, 3.63) is 35.6 Å². The third-order valence-electron chi connectivity index (χ3n) is 3.63. The van der Waals surface area contributed by atoms with Crippen LogP contribution in [0.25, 0.3) is 11.1 Å². The normalized spacial score (nSPS) is 11.8. The van der Waals surface area contributed by atoms with Crippen molar-refractivity contribution < 1.29 is 4.52 Å². The molecule has 96 valence electrons. The monoisotopic (exact) mass is 244 g/mol. The molecule has 0 radical (unpaired) electrons. The van der Waals surface area contributed by atoms with E-state index in [9.17, 15) is 0 Å². The number of anilines is 1. The highest BCUT2D eigenvalue weighted by Crippen LogP contribution is 2.39. The number of rotatable bonds is 3. The zero-order valence-electron chi connectivity index (χ0n) is 11.4.